The monoisotopic (exact) mass is 417 g/mol. The fourth-order valence-electron chi connectivity index (χ4n) is 2.83. The third kappa shape index (κ3) is 6.42. The molecule has 0 aliphatic heterocycles. The number of hydrogen-bond acceptors (Lipinski definition) is 8. The Morgan fingerprint density at radius 1 is 1.07 bits per heavy atom. The number of rotatable bonds is 14. The molecule has 0 saturated heterocycles. The zero-order valence-corrected chi connectivity index (χ0v) is 18.5. The Morgan fingerprint density at radius 2 is 1.71 bits per heavy atom. The van der Waals surface area contributed by atoms with Crippen LogP contribution in [-0.2, 0) is 18.0 Å². The second kappa shape index (κ2) is 12.0. The van der Waals surface area contributed by atoms with E-state index < -0.39 is 19.8 Å². The van der Waals surface area contributed by atoms with E-state index in [1.54, 1.807) is 41.2 Å². The Labute approximate surface area is 167 Å². The Morgan fingerprint density at radius 3 is 2.21 bits per heavy atom. The molecule has 28 heavy (non-hydrogen) atoms. The predicted octanol–water partition coefficient (Wildman–Crippen LogP) is 3.74. The van der Waals surface area contributed by atoms with Gasteiger partial charge in [-0.2, -0.15) is 0 Å². The van der Waals surface area contributed by atoms with Crippen LogP contribution in [0.15, 0.2) is 12.1 Å². The van der Waals surface area contributed by atoms with Crippen LogP contribution in [0.3, 0.4) is 0 Å². The van der Waals surface area contributed by atoms with Crippen molar-refractivity contribution in [3.8, 4) is 11.5 Å². The van der Waals surface area contributed by atoms with Gasteiger partial charge in [-0.3, -0.25) is 10.1 Å². The Bertz CT molecular complexity index is 616. The van der Waals surface area contributed by atoms with Gasteiger partial charge in [-0.25, -0.2) is 0 Å². The molecule has 1 unspecified atom stereocenters. The quantitative estimate of drug-likeness (QED) is 0.195. The second-order valence-corrected chi connectivity index (χ2v) is 9.11. The molecule has 0 saturated carbocycles. The first-order valence-electron chi connectivity index (χ1n) is 9.14. The first-order chi connectivity index (χ1) is 13.4. The molecule has 0 amide bonds. The fourth-order valence-corrected chi connectivity index (χ4v) is 4.62. The van der Waals surface area contributed by atoms with E-state index in [0.29, 0.717) is 36.3 Å². The van der Waals surface area contributed by atoms with Gasteiger partial charge in [0.2, 0.25) is 0 Å². The van der Waals surface area contributed by atoms with E-state index in [9.17, 15) is 10.1 Å². The zero-order valence-electron chi connectivity index (χ0n) is 17.5. The van der Waals surface area contributed by atoms with Crippen LogP contribution in [0, 0.1) is 10.1 Å². The average molecular weight is 418 g/mol. The van der Waals surface area contributed by atoms with E-state index in [2.05, 4.69) is 0 Å². The van der Waals surface area contributed by atoms with E-state index in [-0.39, 0.29) is 5.69 Å². The van der Waals surface area contributed by atoms with Gasteiger partial charge in [-0.05, 0) is 32.8 Å². The molecule has 0 aliphatic carbocycles. The fraction of sp³-hybridized carbons (Fsp3) is 0.667. The van der Waals surface area contributed by atoms with Gasteiger partial charge in [0.05, 0.1) is 36.4 Å². The van der Waals surface area contributed by atoms with Crippen molar-refractivity contribution in [3.05, 3.63) is 27.8 Å². The summed E-state index contributed by atoms with van der Waals surface area (Å²) in [5.41, 5.74) is 0.390. The maximum absolute atomic E-state index is 11.5. The summed E-state index contributed by atoms with van der Waals surface area (Å²) in [6.45, 7) is 4.41. The molecule has 1 atom stereocenters. The van der Waals surface area contributed by atoms with Crippen LogP contribution in [-0.4, -0.2) is 55.4 Å². The lowest BCUT2D eigenvalue weighted by molar-refractivity contribution is -0.386. The smallest absolute Gasteiger partial charge is 0.493 e. The van der Waals surface area contributed by atoms with E-state index in [4.69, 9.17) is 27.5 Å². The molecule has 0 heterocycles. The molecule has 1 rings (SSSR count). The normalized spacial score (nSPS) is 12.6. The van der Waals surface area contributed by atoms with Crippen LogP contribution in [0.2, 0.25) is 6.04 Å². The van der Waals surface area contributed by atoms with Gasteiger partial charge in [-0.1, -0.05) is 0 Å². The van der Waals surface area contributed by atoms with Crippen LogP contribution in [0.1, 0.15) is 38.4 Å². The molecule has 160 valence electrons. The summed E-state index contributed by atoms with van der Waals surface area (Å²) >= 11 is 0. The number of unbranched alkanes of at least 4 members (excludes halogenated alkanes) is 1. The van der Waals surface area contributed by atoms with Crippen molar-refractivity contribution in [1.82, 2.24) is 0 Å². The predicted molar refractivity (Wildman–Crippen MR) is 106 cm³/mol. The van der Waals surface area contributed by atoms with Gasteiger partial charge in [0.15, 0.2) is 11.5 Å². The third-order valence-electron chi connectivity index (χ3n) is 4.43. The number of methoxy groups -OCH3 is 1. The number of nitrogens with zero attached hydrogens (tertiary/aromatic N) is 1. The summed E-state index contributed by atoms with van der Waals surface area (Å²) in [4.78, 5) is 11.0. The zero-order chi connectivity index (χ0) is 21.2. The van der Waals surface area contributed by atoms with Gasteiger partial charge in [0.1, 0.15) is 0 Å². The van der Waals surface area contributed by atoms with Crippen molar-refractivity contribution in [2.24, 2.45) is 0 Å². The molecular formula is C18H31NO8Si. The molecule has 10 heteroatoms. The van der Waals surface area contributed by atoms with Gasteiger partial charge in [0.25, 0.3) is 5.69 Å². The summed E-state index contributed by atoms with van der Waals surface area (Å²) in [5.74, 6) is 0.779. The van der Waals surface area contributed by atoms with E-state index in [1.165, 1.54) is 13.2 Å². The highest BCUT2D eigenvalue weighted by Gasteiger charge is 2.36. The third-order valence-corrected chi connectivity index (χ3v) is 7.26. The summed E-state index contributed by atoms with van der Waals surface area (Å²) in [5, 5.41) is 11.5. The van der Waals surface area contributed by atoms with Crippen LogP contribution in [0.25, 0.3) is 0 Å². The highest BCUT2D eigenvalue weighted by molar-refractivity contribution is 6.60. The minimum atomic E-state index is -2.58. The Balaban J connectivity index is 2.75. The second-order valence-electron chi connectivity index (χ2n) is 6.02. The first-order valence-corrected chi connectivity index (χ1v) is 11.1. The number of hydrogen-bond donors (Lipinski definition) is 0. The van der Waals surface area contributed by atoms with Crippen molar-refractivity contribution >= 4 is 14.5 Å². The van der Waals surface area contributed by atoms with Gasteiger partial charge >= 0.3 is 8.80 Å². The largest absolute Gasteiger partial charge is 0.500 e. The molecule has 0 spiro atoms. The molecular weight excluding hydrogens is 386 g/mol. The van der Waals surface area contributed by atoms with Gasteiger partial charge in [-0.15, -0.1) is 0 Å². The minimum absolute atomic E-state index is 0.0543. The number of nitro groups is 1. The summed E-state index contributed by atoms with van der Waals surface area (Å²) in [6.07, 6.45) is 1.07. The number of ether oxygens (including phenoxy) is 3. The molecule has 0 aromatic heterocycles. The SMILES string of the molecule is CCOc1cc([N+](=O)[O-])c(C(C)OCCCC[Si](OC)(OC)OC)cc1OC. The summed E-state index contributed by atoms with van der Waals surface area (Å²) in [7, 11) is 3.65. The van der Waals surface area contributed by atoms with Crippen molar-refractivity contribution < 1.29 is 32.4 Å². The van der Waals surface area contributed by atoms with Crippen LogP contribution >= 0.6 is 0 Å². The lowest BCUT2D eigenvalue weighted by Crippen LogP contribution is -2.42. The summed E-state index contributed by atoms with van der Waals surface area (Å²) in [6, 6.07) is 3.66. The average Bonchev–Trinajstić information content (AvgIpc) is 2.70. The van der Waals surface area contributed by atoms with E-state index >= 15 is 0 Å². The van der Waals surface area contributed by atoms with Crippen molar-refractivity contribution in [2.45, 2.75) is 38.8 Å². The van der Waals surface area contributed by atoms with E-state index in [0.717, 1.165) is 12.8 Å². The maximum atomic E-state index is 11.5. The lowest BCUT2D eigenvalue weighted by Gasteiger charge is -2.24. The molecule has 9 nitrogen and oxygen atoms in total. The maximum Gasteiger partial charge on any atom is 0.500 e. The van der Waals surface area contributed by atoms with Crippen molar-refractivity contribution in [1.29, 1.82) is 0 Å². The van der Waals surface area contributed by atoms with E-state index in [1.807, 2.05) is 0 Å². The highest BCUT2D eigenvalue weighted by atomic mass is 28.4. The molecule has 1 aromatic rings. The summed E-state index contributed by atoms with van der Waals surface area (Å²) < 4.78 is 32.7. The molecule has 0 N–H and O–H groups in total. The van der Waals surface area contributed by atoms with Gasteiger partial charge in [0, 0.05) is 34.0 Å². The molecule has 0 bridgehead atoms. The molecule has 0 radical (unpaired) electrons. The number of benzene rings is 1. The lowest BCUT2D eigenvalue weighted by atomic mass is 10.1. The van der Waals surface area contributed by atoms with Crippen molar-refractivity contribution in [3.63, 3.8) is 0 Å². The topological polar surface area (TPSA) is 98.5 Å². The Kier molecular flexibility index (Phi) is 10.4. The van der Waals surface area contributed by atoms with Gasteiger partial charge < -0.3 is 27.5 Å². The first kappa shape index (κ1) is 24.3. The van der Waals surface area contributed by atoms with Crippen LogP contribution < -0.4 is 9.47 Å². The highest BCUT2D eigenvalue weighted by Crippen LogP contribution is 2.38. The molecule has 0 fully saturated rings. The molecule has 1 aromatic carbocycles. The van der Waals surface area contributed by atoms with Crippen LogP contribution in [0.5, 0.6) is 11.5 Å². The van der Waals surface area contributed by atoms with Crippen molar-refractivity contribution in [2.75, 3.05) is 41.7 Å². The minimum Gasteiger partial charge on any atom is -0.493 e. The molecule has 0 aliphatic rings. The Hall–Kier alpha value is -1.72. The number of nitro benzene ring substituents is 1. The van der Waals surface area contributed by atoms with Crippen LogP contribution in [0.4, 0.5) is 5.69 Å². The standard InChI is InChI=1S/C18H31NO8Si/c1-7-26-18-13-16(19(20)21)15(12-17(18)22-3)14(2)27-10-8-9-11-28(23-4,24-5)25-6/h12-14H,7-11H2,1-6H3.